The van der Waals surface area contributed by atoms with Crippen molar-refractivity contribution in [3.8, 4) is 0 Å². The first-order valence-corrected chi connectivity index (χ1v) is 23.7. The molecule has 1 aliphatic heterocycles. The molecule has 2 aliphatic carbocycles. The SMILES string of the molecule is CC(=O)NO[As](=O)(OO)C1C=CC=C(C)C1(OC(C)=O)C1(CCN2CCC(N(C(=O)c3ccco3)c3ccc(C)cn3)CC2)CCCCC1.CC(=O)OCCCOC(C)=O. The van der Waals surface area contributed by atoms with E-state index in [1.165, 1.54) is 34.0 Å². The van der Waals surface area contributed by atoms with E-state index in [0.717, 1.165) is 24.8 Å². The number of piperidine rings is 1. The first kappa shape index (κ1) is 48.1. The van der Waals surface area contributed by atoms with Crippen molar-refractivity contribution in [3.63, 3.8) is 0 Å². The van der Waals surface area contributed by atoms with Crippen LogP contribution in [0.25, 0.3) is 0 Å². The van der Waals surface area contributed by atoms with Gasteiger partial charge in [-0.25, -0.2) is 0 Å². The fourth-order valence-corrected chi connectivity index (χ4v) is 12.2. The summed E-state index contributed by atoms with van der Waals surface area (Å²) in [6.07, 6.45) is 15.0. The summed E-state index contributed by atoms with van der Waals surface area (Å²) >= 11 is -5.37. The van der Waals surface area contributed by atoms with E-state index in [4.69, 9.17) is 13.0 Å². The van der Waals surface area contributed by atoms with Gasteiger partial charge < -0.3 is 13.9 Å². The second kappa shape index (κ2) is 22.3. The number of pyridine rings is 1. The molecule has 1 saturated carbocycles. The van der Waals surface area contributed by atoms with Gasteiger partial charge in [0.1, 0.15) is 0 Å². The number of allylic oxidation sites excluding steroid dienone is 2. The van der Waals surface area contributed by atoms with Crippen molar-refractivity contribution in [1.82, 2.24) is 15.4 Å². The van der Waals surface area contributed by atoms with Gasteiger partial charge >= 0.3 is 255 Å². The molecule has 18 heteroatoms. The van der Waals surface area contributed by atoms with Gasteiger partial charge in [-0.05, 0) is 24.6 Å². The Kier molecular flexibility index (Phi) is 17.9. The molecule has 3 atom stereocenters. The van der Waals surface area contributed by atoms with E-state index in [-0.39, 0.29) is 29.6 Å². The standard InChI is InChI=1S/C35H47AsN4O9.C7H12O4/c1-25-13-14-32(37-24-25)40(33(43)30-11-9-23-46-30)29-15-20-39(21-16-29)22-19-34(17-6-5-7-18-34)35(47-28(4)42)26(2)10-8-12-31(35)36(44,49-45)48-38-27(3)41;1-6(8)10-4-3-5-11-7(2)9/h8-14,23-24,29,31,45H,5-7,15-22H2,1-4H3,(H,38,41);3-5H2,1-2H3. The van der Waals surface area contributed by atoms with E-state index in [0.29, 0.717) is 82.8 Å². The van der Waals surface area contributed by atoms with Crippen molar-refractivity contribution in [3.05, 3.63) is 71.9 Å². The molecule has 5 rings (SSSR count). The van der Waals surface area contributed by atoms with Crippen LogP contribution in [0.5, 0.6) is 0 Å². The maximum atomic E-state index is 14.3. The minimum absolute atomic E-state index is 0.0979. The third-order valence-electron chi connectivity index (χ3n) is 11.1. The van der Waals surface area contributed by atoms with Crippen LogP contribution in [-0.2, 0) is 44.8 Å². The number of ether oxygens (including phenoxy) is 3. The number of aromatic nitrogens is 1. The van der Waals surface area contributed by atoms with Crippen LogP contribution in [0.1, 0.15) is 109 Å². The molecule has 17 nitrogen and oxygen atoms in total. The molecule has 3 aliphatic rings. The van der Waals surface area contributed by atoms with Crippen LogP contribution >= 0.6 is 0 Å². The third-order valence-corrected chi connectivity index (χ3v) is 14.9. The number of esters is 3. The van der Waals surface area contributed by atoms with Gasteiger partial charge in [0.05, 0.1) is 19.5 Å². The topological polar surface area (TPSA) is 213 Å². The Morgan fingerprint density at radius 2 is 1.63 bits per heavy atom. The van der Waals surface area contributed by atoms with Crippen LogP contribution in [-0.4, -0.2) is 104 Å². The number of rotatable bonds is 16. The van der Waals surface area contributed by atoms with Crippen molar-refractivity contribution >= 4 is 49.7 Å². The maximum absolute atomic E-state index is 14.3. The van der Waals surface area contributed by atoms with E-state index in [1.807, 2.05) is 32.1 Å². The van der Waals surface area contributed by atoms with Crippen molar-refractivity contribution in [2.24, 2.45) is 5.41 Å². The number of nitrogens with zero attached hydrogens (tertiary/aromatic N) is 3. The van der Waals surface area contributed by atoms with Crippen molar-refractivity contribution in [2.45, 2.75) is 116 Å². The predicted octanol–water partition coefficient (Wildman–Crippen LogP) is 6.05. The van der Waals surface area contributed by atoms with Gasteiger partial charge in [-0.1, -0.05) is 6.07 Å². The molecule has 330 valence electrons. The number of carbonyl (C=O) groups is 5. The number of furan rings is 1. The molecule has 1 saturated heterocycles. The zero-order chi connectivity index (χ0) is 43.9. The number of hydroxylamine groups is 1. The monoisotopic (exact) mass is 902 g/mol. The second-order valence-electron chi connectivity index (χ2n) is 15.4. The third kappa shape index (κ3) is 12.3. The van der Waals surface area contributed by atoms with Gasteiger partial charge in [0.25, 0.3) is 0 Å². The maximum Gasteiger partial charge on any atom is 0.302 e. The number of anilines is 1. The predicted molar refractivity (Wildman–Crippen MR) is 218 cm³/mol. The number of aryl methyl sites for hydroxylation is 1. The second-order valence-corrected chi connectivity index (χ2v) is 19.6. The molecule has 2 aromatic rings. The first-order valence-electron chi connectivity index (χ1n) is 20.3. The Morgan fingerprint density at radius 1 is 0.967 bits per heavy atom. The summed E-state index contributed by atoms with van der Waals surface area (Å²) in [4.78, 5) is 67.4. The minimum atomic E-state index is -5.37. The van der Waals surface area contributed by atoms with Crippen molar-refractivity contribution < 1.29 is 59.3 Å². The Balaban J connectivity index is 0.000000633. The molecule has 2 aromatic heterocycles. The van der Waals surface area contributed by atoms with E-state index < -0.39 is 41.8 Å². The largest absolute Gasteiger partial charge is 0.466 e. The summed E-state index contributed by atoms with van der Waals surface area (Å²) in [5.41, 5.74) is 1.59. The van der Waals surface area contributed by atoms with E-state index in [2.05, 4.69) is 28.7 Å². The number of likely N-dealkylation sites (tertiary alicyclic amines) is 1. The van der Waals surface area contributed by atoms with E-state index in [1.54, 1.807) is 35.4 Å². The number of hydrogen-bond acceptors (Lipinski definition) is 15. The zero-order valence-electron chi connectivity index (χ0n) is 35.4. The Bertz CT molecular complexity index is 1850. The molecular formula is C42H59AsN4O13. The van der Waals surface area contributed by atoms with Gasteiger partial charge in [0.15, 0.2) is 0 Å². The van der Waals surface area contributed by atoms with Crippen LogP contribution in [0.4, 0.5) is 5.82 Å². The fraction of sp³-hybridized carbons (Fsp3) is 0.571. The molecule has 3 unspecified atom stereocenters. The summed E-state index contributed by atoms with van der Waals surface area (Å²) in [6, 6.07) is 7.06. The average Bonchev–Trinajstić information content (AvgIpc) is 3.77. The van der Waals surface area contributed by atoms with E-state index >= 15 is 0 Å². The Hall–Kier alpha value is -4.54. The first-order chi connectivity index (χ1) is 28.6. The van der Waals surface area contributed by atoms with Crippen LogP contribution in [0.15, 0.2) is 64.9 Å². The molecule has 3 heterocycles. The Morgan fingerprint density at radius 3 is 2.17 bits per heavy atom. The van der Waals surface area contributed by atoms with E-state index in [9.17, 15) is 33.0 Å². The van der Waals surface area contributed by atoms with Crippen LogP contribution < -0.4 is 10.4 Å². The molecule has 60 heavy (non-hydrogen) atoms. The zero-order valence-corrected chi connectivity index (χ0v) is 37.3. The van der Waals surface area contributed by atoms with Gasteiger partial charge in [0, 0.05) is 26.5 Å². The number of amides is 2. The summed E-state index contributed by atoms with van der Waals surface area (Å²) < 4.78 is 44.1. The molecule has 2 N–H and O–H groups in total. The van der Waals surface area contributed by atoms with Gasteiger partial charge in [-0.2, -0.15) is 0 Å². The molecule has 0 spiro atoms. The van der Waals surface area contributed by atoms with Crippen molar-refractivity contribution in [2.75, 3.05) is 37.7 Å². The van der Waals surface area contributed by atoms with Gasteiger partial charge in [-0.3, -0.25) is 9.59 Å². The smallest absolute Gasteiger partial charge is 0.302 e. The molecule has 0 aromatic carbocycles. The Labute approximate surface area is 354 Å². The molecule has 2 amide bonds. The van der Waals surface area contributed by atoms with Crippen molar-refractivity contribution in [1.29, 1.82) is 0 Å². The average molecular weight is 903 g/mol. The summed E-state index contributed by atoms with van der Waals surface area (Å²) in [7, 11) is 0. The van der Waals surface area contributed by atoms with Crippen LogP contribution in [0.3, 0.4) is 0 Å². The summed E-state index contributed by atoms with van der Waals surface area (Å²) in [5.74, 6) is -1.21. The van der Waals surface area contributed by atoms with Gasteiger partial charge in [0.2, 0.25) is 0 Å². The fourth-order valence-electron chi connectivity index (χ4n) is 8.46. The molecule has 0 radical (unpaired) electrons. The molecular weight excluding hydrogens is 843 g/mol. The summed E-state index contributed by atoms with van der Waals surface area (Å²) in [5, 5.41) is 10.0. The quantitative estimate of drug-likeness (QED) is 0.0490. The number of carbonyl (C=O) groups excluding carboxylic acids is 5. The number of nitrogens with one attached hydrogen (secondary N) is 1. The minimum Gasteiger partial charge on any atom is -0.466 e. The molecule has 0 bridgehead atoms. The summed E-state index contributed by atoms with van der Waals surface area (Å²) in [6.45, 7) is 11.7. The van der Waals surface area contributed by atoms with Crippen LogP contribution in [0.2, 0.25) is 4.71 Å². The van der Waals surface area contributed by atoms with Gasteiger partial charge in [-0.15, -0.1) is 0 Å². The number of hydrogen-bond donors (Lipinski definition) is 2. The molecule has 2 fully saturated rings. The normalized spacial score (nSPS) is 21.2. The van der Waals surface area contributed by atoms with Crippen LogP contribution in [0, 0.1) is 12.3 Å².